The number of esters is 1. The van der Waals surface area contributed by atoms with Gasteiger partial charge in [0.05, 0.1) is 23.3 Å². The number of nitrogens with zero attached hydrogens (tertiary/aromatic N) is 2. The van der Waals surface area contributed by atoms with Gasteiger partial charge >= 0.3 is 5.97 Å². The van der Waals surface area contributed by atoms with Crippen molar-refractivity contribution in [3.05, 3.63) is 94.8 Å². The molecule has 10 nitrogen and oxygen atoms in total. The molecule has 1 atom stereocenters. The number of carbonyl (C=O) groups excluding carboxylic acids is 2. The van der Waals surface area contributed by atoms with E-state index in [1.807, 2.05) is 0 Å². The molecule has 0 radical (unpaired) electrons. The SMILES string of the molecule is COC(=O)c1ccc(CN(Cc2cccnc2)C(=O)[C@@H](CCS(C)(=O)=O)NS(=O)(=O)c2ccc(Cl)cc2)cc1. The molecular formula is C26H28ClN3O7S2. The van der Waals surface area contributed by atoms with E-state index in [-0.39, 0.29) is 24.4 Å². The van der Waals surface area contributed by atoms with E-state index in [2.05, 4.69) is 9.71 Å². The van der Waals surface area contributed by atoms with Gasteiger partial charge in [-0.05, 0) is 60.0 Å². The number of pyridine rings is 1. The number of sulfonamides is 1. The third-order valence-electron chi connectivity index (χ3n) is 5.65. The second-order valence-electron chi connectivity index (χ2n) is 8.79. The number of carbonyl (C=O) groups is 2. The van der Waals surface area contributed by atoms with Crippen molar-refractivity contribution in [3.8, 4) is 0 Å². The van der Waals surface area contributed by atoms with Crippen molar-refractivity contribution in [2.24, 2.45) is 0 Å². The molecule has 1 heterocycles. The highest BCUT2D eigenvalue weighted by molar-refractivity contribution is 7.90. The van der Waals surface area contributed by atoms with E-state index in [1.165, 1.54) is 36.3 Å². The fourth-order valence-corrected chi connectivity index (χ4v) is 5.68. The van der Waals surface area contributed by atoms with Crippen molar-refractivity contribution in [2.45, 2.75) is 30.4 Å². The molecule has 1 N–H and O–H groups in total. The second-order valence-corrected chi connectivity index (χ2v) is 13.2. The fraction of sp³-hybridized carbons (Fsp3) is 0.269. The van der Waals surface area contributed by atoms with Gasteiger partial charge < -0.3 is 9.64 Å². The number of benzene rings is 2. The Balaban J connectivity index is 1.95. The van der Waals surface area contributed by atoms with Gasteiger partial charge in [0.1, 0.15) is 15.9 Å². The van der Waals surface area contributed by atoms with Gasteiger partial charge in [-0.15, -0.1) is 0 Å². The molecule has 1 aromatic heterocycles. The highest BCUT2D eigenvalue weighted by Gasteiger charge is 2.30. The molecule has 2 aromatic carbocycles. The Hall–Kier alpha value is -3.32. The van der Waals surface area contributed by atoms with E-state index in [0.717, 1.165) is 6.26 Å². The van der Waals surface area contributed by atoms with Gasteiger partial charge in [-0.25, -0.2) is 21.6 Å². The number of amides is 1. The molecule has 3 rings (SSSR count). The van der Waals surface area contributed by atoms with E-state index < -0.39 is 43.5 Å². The van der Waals surface area contributed by atoms with Gasteiger partial charge in [-0.2, -0.15) is 4.72 Å². The highest BCUT2D eigenvalue weighted by atomic mass is 35.5. The standard InChI is InChI=1S/C26H28ClN3O7S2/c1-37-26(32)21-7-5-19(6-8-21)17-30(18-20-4-3-14-28-16-20)25(31)24(13-15-38(2,33)34)29-39(35,36)23-11-9-22(27)10-12-23/h3-12,14,16,24,29H,13,15,17-18H2,1-2H3/t24-/m1/s1. The lowest BCUT2D eigenvalue weighted by atomic mass is 10.1. The molecule has 0 aliphatic carbocycles. The van der Waals surface area contributed by atoms with Crippen molar-refractivity contribution in [3.63, 3.8) is 0 Å². The quantitative estimate of drug-likeness (QED) is 0.316. The van der Waals surface area contributed by atoms with Crippen molar-refractivity contribution in [2.75, 3.05) is 19.1 Å². The van der Waals surface area contributed by atoms with Gasteiger partial charge in [-0.3, -0.25) is 9.78 Å². The topological polar surface area (TPSA) is 140 Å². The van der Waals surface area contributed by atoms with Crippen molar-refractivity contribution in [1.82, 2.24) is 14.6 Å². The van der Waals surface area contributed by atoms with Crippen LogP contribution in [-0.4, -0.2) is 63.8 Å². The lowest BCUT2D eigenvalue weighted by Gasteiger charge is -2.28. The number of sulfone groups is 1. The second kappa shape index (κ2) is 13.2. The van der Waals surface area contributed by atoms with Crippen LogP contribution in [0.15, 0.2) is 78.0 Å². The molecule has 13 heteroatoms. The monoisotopic (exact) mass is 593 g/mol. The molecule has 1 amide bonds. The summed E-state index contributed by atoms with van der Waals surface area (Å²) in [6, 6.07) is 13.9. The highest BCUT2D eigenvalue weighted by Crippen LogP contribution is 2.18. The summed E-state index contributed by atoms with van der Waals surface area (Å²) < 4.78 is 57.2. The first-order valence-electron chi connectivity index (χ1n) is 11.7. The summed E-state index contributed by atoms with van der Waals surface area (Å²) in [6.07, 6.45) is 3.88. The number of methoxy groups -OCH3 is 1. The summed E-state index contributed by atoms with van der Waals surface area (Å²) in [5.41, 5.74) is 1.66. The largest absolute Gasteiger partial charge is 0.465 e. The maximum absolute atomic E-state index is 13.8. The first-order valence-corrected chi connectivity index (χ1v) is 15.6. The smallest absolute Gasteiger partial charge is 0.337 e. The predicted molar refractivity (Wildman–Crippen MR) is 146 cm³/mol. The minimum Gasteiger partial charge on any atom is -0.465 e. The van der Waals surface area contributed by atoms with Crippen LogP contribution in [0, 0.1) is 0 Å². The molecule has 0 aliphatic rings. The number of rotatable bonds is 12. The molecule has 0 unspecified atom stereocenters. The summed E-state index contributed by atoms with van der Waals surface area (Å²) in [5.74, 6) is -1.56. The first-order chi connectivity index (χ1) is 18.4. The Kier molecular flexibility index (Phi) is 10.2. The van der Waals surface area contributed by atoms with E-state index in [0.29, 0.717) is 21.7 Å². The third kappa shape index (κ3) is 9.13. The van der Waals surface area contributed by atoms with Crippen LogP contribution < -0.4 is 4.72 Å². The maximum Gasteiger partial charge on any atom is 0.337 e. The van der Waals surface area contributed by atoms with E-state index in [4.69, 9.17) is 16.3 Å². The first kappa shape index (κ1) is 30.2. The zero-order valence-corrected chi connectivity index (χ0v) is 23.7. The summed E-state index contributed by atoms with van der Waals surface area (Å²) >= 11 is 5.88. The van der Waals surface area contributed by atoms with E-state index >= 15 is 0 Å². The van der Waals surface area contributed by atoms with Crippen LogP contribution in [0.2, 0.25) is 5.02 Å². The van der Waals surface area contributed by atoms with Gasteiger partial charge in [0.25, 0.3) is 0 Å². The lowest BCUT2D eigenvalue weighted by Crippen LogP contribution is -2.48. The molecular weight excluding hydrogens is 566 g/mol. The Morgan fingerprint density at radius 3 is 2.18 bits per heavy atom. The summed E-state index contributed by atoms with van der Waals surface area (Å²) in [5, 5.41) is 0.333. The number of halogens is 1. The maximum atomic E-state index is 13.8. The minimum absolute atomic E-state index is 0.0488. The number of hydrogen-bond donors (Lipinski definition) is 1. The Labute approximate surface area is 232 Å². The molecule has 0 aliphatic heterocycles. The lowest BCUT2D eigenvalue weighted by molar-refractivity contribution is -0.134. The molecule has 0 saturated carbocycles. The molecule has 0 fully saturated rings. The van der Waals surface area contributed by atoms with Crippen LogP contribution in [0.1, 0.15) is 27.9 Å². The van der Waals surface area contributed by atoms with Gasteiger partial charge in [0, 0.05) is 36.8 Å². The molecule has 0 spiro atoms. The Morgan fingerprint density at radius 2 is 1.62 bits per heavy atom. The summed E-state index contributed by atoms with van der Waals surface area (Å²) in [4.78, 5) is 31.0. The van der Waals surface area contributed by atoms with E-state index in [1.54, 1.807) is 48.8 Å². The Bertz CT molecular complexity index is 1500. The van der Waals surface area contributed by atoms with Crippen LogP contribution in [-0.2, 0) is 42.5 Å². The van der Waals surface area contributed by atoms with Crippen LogP contribution in [0.4, 0.5) is 0 Å². The average Bonchev–Trinajstić information content (AvgIpc) is 2.90. The molecule has 39 heavy (non-hydrogen) atoms. The van der Waals surface area contributed by atoms with Crippen LogP contribution >= 0.6 is 11.6 Å². The molecule has 208 valence electrons. The van der Waals surface area contributed by atoms with Gasteiger partial charge in [0.15, 0.2) is 0 Å². The fourth-order valence-electron chi connectivity index (χ4n) is 3.66. The van der Waals surface area contributed by atoms with Crippen LogP contribution in [0.5, 0.6) is 0 Å². The van der Waals surface area contributed by atoms with Crippen molar-refractivity contribution < 1.29 is 31.2 Å². The number of nitrogens with one attached hydrogen (secondary N) is 1. The number of ether oxygens (including phenoxy) is 1. The normalized spacial score (nSPS) is 12.5. The van der Waals surface area contributed by atoms with Crippen LogP contribution in [0.25, 0.3) is 0 Å². The zero-order chi connectivity index (χ0) is 28.6. The zero-order valence-electron chi connectivity index (χ0n) is 21.3. The van der Waals surface area contributed by atoms with E-state index in [9.17, 15) is 26.4 Å². The Morgan fingerprint density at radius 1 is 0.974 bits per heavy atom. The number of hydrogen-bond acceptors (Lipinski definition) is 8. The molecule has 0 saturated heterocycles. The minimum atomic E-state index is -4.20. The molecule has 3 aromatic rings. The number of aromatic nitrogens is 1. The summed E-state index contributed by atoms with van der Waals surface area (Å²) in [6.45, 7) is 0.122. The van der Waals surface area contributed by atoms with Crippen molar-refractivity contribution in [1.29, 1.82) is 0 Å². The van der Waals surface area contributed by atoms with Crippen molar-refractivity contribution >= 4 is 43.3 Å². The van der Waals surface area contributed by atoms with Gasteiger partial charge in [0.2, 0.25) is 15.9 Å². The predicted octanol–water partition coefficient (Wildman–Crippen LogP) is 2.83. The summed E-state index contributed by atoms with van der Waals surface area (Å²) in [7, 11) is -6.45. The van der Waals surface area contributed by atoms with Gasteiger partial charge in [-0.1, -0.05) is 29.8 Å². The molecule has 0 bridgehead atoms. The van der Waals surface area contributed by atoms with Crippen LogP contribution in [0.3, 0.4) is 0 Å². The average molecular weight is 594 g/mol. The third-order valence-corrected chi connectivity index (χ3v) is 8.37.